The molecule has 38 heavy (non-hydrogen) atoms. The average molecular weight is 517 g/mol. The molecular weight excluding hydrogens is 484 g/mol. The van der Waals surface area contributed by atoms with Gasteiger partial charge in [0, 0.05) is 24.0 Å². The van der Waals surface area contributed by atoms with Crippen LogP contribution in [0.3, 0.4) is 0 Å². The number of nitrogens with one attached hydrogen (secondary N) is 2. The number of carbonyl (C=O) groups is 2. The Labute approximate surface area is 220 Å². The number of anilines is 2. The highest BCUT2D eigenvalue weighted by molar-refractivity contribution is 6.02. The maximum Gasteiger partial charge on any atom is 0.332 e. The smallest absolute Gasteiger partial charge is 0.332 e. The molecule has 1 saturated carbocycles. The molecule has 0 spiro atoms. The molecule has 0 bridgehead atoms. The van der Waals surface area contributed by atoms with Crippen molar-refractivity contribution in [2.24, 2.45) is 5.92 Å². The Hall–Kier alpha value is -4.13. The predicted octanol–water partition coefficient (Wildman–Crippen LogP) is 4.41. The number of H-pyrrole nitrogens is 1. The van der Waals surface area contributed by atoms with Crippen LogP contribution in [0.4, 0.5) is 11.5 Å². The molecule has 1 aliphatic carbocycles. The summed E-state index contributed by atoms with van der Waals surface area (Å²) in [6.45, 7) is 9.01. The molecule has 1 atom stereocenters. The first-order valence-electron chi connectivity index (χ1n) is 12.8. The van der Waals surface area contributed by atoms with Crippen LogP contribution in [-0.4, -0.2) is 42.7 Å². The summed E-state index contributed by atoms with van der Waals surface area (Å²) in [6.07, 6.45) is 3.98. The summed E-state index contributed by atoms with van der Waals surface area (Å²) < 4.78 is 7.37. The highest BCUT2D eigenvalue weighted by Crippen LogP contribution is 2.43. The first-order chi connectivity index (χ1) is 17.9. The summed E-state index contributed by atoms with van der Waals surface area (Å²) in [5.74, 6) is 0.0524. The fourth-order valence-corrected chi connectivity index (χ4v) is 4.97. The van der Waals surface area contributed by atoms with E-state index >= 15 is 0 Å². The Kier molecular flexibility index (Phi) is 6.05. The van der Waals surface area contributed by atoms with Crippen molar-refractivity contribution in [2.75, 3.05) is 5.32 Å². The van der Waals surface area contributed by atoms with Gasteiger partial charge in [-0.05, 0) is 83.2 Å². The SMILES string of the molecule is CC(C)(C)OC(=O)C(C)(C)N1Cc2cc(Nc3nn(C(CC#N)C4CC4)c4cc[nH]c(=O)c34)ccc2C1=O. The van der Waals surface area contributed by atoms with Gasteiger partial charge in [0.1, 0.15) is 16.5 Å². The fraction of sp³-hybridized carbons (Fsp3) is 0.464. The number of rotatable bonds is 7. The Balaban J connectivity index is 1.45. The van der Waals surface area contributed by atoms with Crippen molar-refractivity contribution in [1.29, 1.82) is 5.26 Å². The minimum Gasteiger partial charge on any atom is -0.458 e. The molecule has 1 unspecified atom stereocenters. The molecule has 10 heteroatoms. The molecule has 1 aliphatic heterocycles. The molecule has 10 nitrogen and oxygen atoms in total. The molecule has 0 saturated heterocycles. The molecule has 1 amide bonds. The average Bonchev–Trinajstić information content (AvgIpc) is 3.54. The fourth-order valence-electron chi connectivity index (χ4n) is 4.97. The van der Waals surface area contributed by atoms with Crippen LogP contribution in [0.25, 0.3) is 10.9 Å². The van der Waals surface area contributed by atoms with E-state index in [0.717, 1.165) is 18.4 Å². The van der Waals surface area contributed by atoms with E-state index in [1.807, 2.05) is 6.07 Å². The summed E-state index contributed by atoms with van der Waals surface area (Å²) in [7, 11) is 0. The van der Waals surface area contributed by atoms with Crippen molar-refractivity contribution in [2.45, 2.75) is 77.6 Å². The zero-order valence-electron chi connectivity index (χ0n) is 22.3. The van der Waals surface area contributed by atoms with Gasteiger partial charge in [-0.15, -0.1) is 0 Å². The number of carbonyl (C=O) groups excluding carboxylic acids is 2. The second-order valence-corrected chi connectivity index (χ2v) is 11.6. The van der Waals surface area contributed by atoms with Crippen molar-refractivity contribution in [3.05, 3.63) is 51.9 Å². The first-order valence-corrected chi connectivity index (χ1v) is 12.8. The molecule has 2 aromatic heterocycles. The quantitative estimate of drug-likeness (QED) is 0.444. The first kappa shape index (κ1) is 25.5. The summed E-state index contributed by atoms with van der Waals surface area (Å²) in [5.41, 5.74) is 0.507. The van der Waals surface area contributed by atoms with Gasteiger partial charge in [-0.1, -0.05) is 0 Å². The minimum absolute atomic E-state index is 0.0962. The summed E-state index contributed by atoms with van der Waals surface area (Å²) >= 11 is 0. The largest absolute Gasteiger partial charge is 0.458 e. The van der Waals surface area contributed by atoms with Crippen LogP contribution in [0.2, 0.25) is 0 Å². The number of nitriles is 1. The number of fused-ring (bicyclic) bond motifs is 2. The van der Waals surface area contributed by atoms with Crippen LogP contribution in [0.15, 0.2) is 35.3 Å². The molecule has 1 aromatic carbocycles. The number of aromatic nitrogens is 3. The maximum atomic E-state index is 13.2. The van der Waals surface area contributed by atoms with E-state index < -0.39 is 17.1 Å². The standard InChI is InChI=1S/C28H32N6O4/c1-27(2,3)38-26(37)28(4,5)33-15-17-14-18(8-9-19(17)25(33)36)31-23-22-21(11-13-30-24(22)35)34(32-23)20(10-12-29)16-6-7-16/h8-9,11,13-14,16,20H,6-7,10,15H2,1-5H3,(H,30,35)(H,31,32). The lowest BCUT2D eigenvalue weighted by atomic mass is 10.0. The van der Waals surface area contributed by atoms with Crippen molar-refractivity contribution in [3.63, 3.8) is 0 Å². The number of amides is 1. The van der Waals surface area contributed by atoms with E-state index in [0.29, 0.717) is 40.3 Å². The van der Waals surface area contributed by atoms with Gasteiger partial charge < -0.3 is 19.9 Å². The van der Waals surface area contributed by atoms with Crippen LogP contribution < -0.4 is 10.9 Å². The molecule has 2 aliphatic rings. The van der Waals surface area contributed by atoms with Crippen LogP contribution in [0.5, 0.6) is 0 Å². The molecular formula is C28H32N6O4. The van der Waals surface area contributed by atoms with Gasteiger partial charge in [-0.3, -0.25) is 14.3 Å². The zero-order chi connectivity index (χ0) is 27.4. The number of benzene rings is 1. The highest BCUT2D eigenvalue weighted by Gasteiger charge is 2.44. The Bertz CT molecular complexity index is 1530. The Morgan fingerprint density at radius 2 is 1.97 bits per heavy atom. The van der Waals surface area contributed by atoms with Gasteiger partial charge in [0.05, 0.1) is 24.0 Å². The van der Waals surface area contributed by atoms with Crippen LogP contribution in [0, 0.1) is 17.2 Å². The van der Waals surface area contributed by atoms with Gasteiger partial charge in [-0.25, -0.2) is 4.79 Å². The topological polar surface area (TPSA) is 133 Å². The molecule has 3 aromatic rings. The van der Waals surface area contributed by atoms with Gasteiger partial charge in [0.25, 0.3) is 11.5 Å². The summed E-state index contributed by atoms with van der Waals surface area (Å²) in [5, 5.41) is 17.8. The lowest BCUT2D eigenvalue weighted by Crippen LogP contribution is -2.52. The summed E-state index contributed by atoms with van der Waals surface area (Å²) in [6, 6.07) is 9.29. The minimum atomic E-state index is -1.15. The van der Waals surface area contributed by atoms with Gasteiger partial charge in [0.2, 0.25) is 0 Å². The maximum absolute atomic E-state index is 13.2. The summed E-state index contributed by atoms with van der Waals surface area (Å²) in [4.78, 5) is 43.2. The van der Waals surface area contributed by atoms with Crippen molar-refractivity contribution < 1.29 is 14.3 Å². The van der Waals surface area contributed by atoms with E-state index in [2.05, 4.69) is 16.4 Å². The molecule has 2 N–H and O–H groups in total. The van der Waals surface area contributed by atoms with Crippen molar-refractivity contribution in [1.82, 2.24) is 19.7 Å². The van der Waals surface area contributed by atoms with E-state index in [1.165, 1.54) is 4.90 Å². The van der Waals surface area contributed by atoms with Gasteiger partial charge in [0.15, 0.2) is 5.82 Å². The van der Waals surface area contributed by atoms with E-state index in [1.54, 1.807) is 63.7 Å². The molecule has 0 radical (unpaired) electrons. The van der Waals surface area contributed by atoms with Crippen molar-refractivity contribution in [3.8, 4) is 6.07 Å². The van der Waals surface area contributed by atoms with Crippen LogP contribution in [0.1, 0.15) is 75.8 Å². The zero-order valence-corrected chi connectivity index (χ0v) is 22.3. The Morgan fingerprint density at radius 3 is 2.63 bits per heavy atom. The molecule has 198 valence electrons. The second kappa shape index (κ2) is 9.01. The number of esters is 1. The third-order valence-corrected chi connectivity index (χ3v) is 7.16. The number of ether oxygens (including phenoxy) is 1. The number of hydrogen-bond acceptors (Lipinski definition) is 7. The van der Waals surface area contributed by atoms with E-state index in [-0.39, 0.29) is 24.1 Å². The predicted molar refractivity (Wildman–Crippen MR) is 142 cm³/mol. The number of pyridine rings is 1. The van der Waals surface area contributed by atoms with E-state index in [4.69, 9.17) is 9.84 Å². The number of aromatic amines is 1. The molecule has 1 fully saturated rings. The number of hydrogen-bond donors (Lipinski definition) is 2. The van der Waals surface area contributed by atoms with E-state index in [9.17, 15) is 19.6 Å². The van der Waals surface area contributed by atoms with Gasteiger partial charge >= 0.3 is 5.97 Å². The normalized spacial score (nSPS) is 16.3. The molecule has 5 rings (SSSR count). The van der Waals surface area contributed by atoms with Gasteiger partial charge in [-0.2, -0.15) is 10.4 Å². The lowest BCUT2D eigenvalue weighted by Gasteiger charge is -2.35. The third kappa shape index (κ3) is 4.53. The monoisotopic (exact) mass is 516 g/mol. The van der Waals surface area contributed by atoms with Crippen LogP contribution in [-0.2, 0) is 16.1 Å². The van der Waals surface area contributed by atoms with Crippen LogP contribution >= 0.6 is 0 Å². The second-order valence-electron chi connectivity index (χ2n) is 11.6. The highest BCUT2D eigenvalue weighted by atomic mass is 16.6. The molecule has 3 heterocycles. The Morgan fingerprint density at radius 1 is 1.24 bits per heavy atom. The van der Waals surface area contributed by atoms with Crippen molar-refractivity contribution >= 4 is 34.3 Å². The number of nitrogens with zero attached hydrogens (tertiary/aromatic N) is 4. The third-order valence-electron chi connectivity index (χ3n) is 7.16. The lowest BCUT2D eigenvalue weighted by molar-refractivity contribution is -0.166.